The largest absolute Gasteiger partial charge is 0.476 e. The molecular formula is C18H14ClN5O4. The number of nitrogens with zero attached hydrogens (tertiary/aromatic N) is 3. The minimum Gasteiger partial charge on any atom is -0.476 e. The second-order valence-electron chi connectivity index (χ2n) is 5.68. The second kappa shape index (κ2) is 7.89. The van der Waals surface area contributed by atoms with E-state index in [4.69, 9.17) is 17.3 Å². The molecule has 1 aromatic carbocycles. The first kappa shape index (κ1) is 19.1. The van der Waals surface area contributed by atoms with Crippen molar-refractivity contribution in [2.75, 3.05) is 5.32 Å². The predicted octanol–water partition coefficient (Wildman–Crippen LogP) is 1.96. The predicted molar refractivity (Wildman–Crippen MR) is 100 cm³/mol. The number of hydrogen-bond acceptors (Lipinski definition) is 5. The maximum atomic E-state index is 12.6. The number of carboxylic acids is 1. The molecule has 3 rings (SSSR count). The van der Waals surface area contributed by atoms with Gasteiger partial charge in [-0.2, -0.15) is 5.10 Å². The number of carboxylic acid groups (broad SMARTS) is 1. The van der Waals surface area contributed by atoms with E-state index in [1.807, 2.05) is 0 Å². The van der Waals surface area contributed by atoms with Crippen molar-refractivity contribution in [3.05, 3.63) is 76.7 Å². The number of benzene rings is 1. The molecule has 0 saturated heterocycles. The van der Waals surface area contributed by atoms with Crippen molar-refractivity contribution in [2.24, 2.45) is 5.73 Å². The number of carbonyl (C=O) groups excluding carboxylic acids is 2. The lowest BCUT2D eigenvalue weighted by atomic mass is 10.1. The van der Waals surface area contributed by atoms with Gasteiger partial charge in [-0.3, -0.25) is 14.6 Å². The number of aromatic carboxylic acids is 1. The van der Waals surface area contributed by atoms with Gasteiger partial charge in [-0.05, 0) is 29.8 Å². The Balaban J connectivity index is 2.06. The molecule has 0 aliphatic rings. The number of pyridine rings is 1. The van der Waals surface area contributed by atoms with Gasteiger partial charge in [0.2, 0.25) is 5.91 Å². The van der Waals surface area contributed by atoms with Crippen LogP contribution in [0.1, 0.15) is 32.5 Å². The fraction of sp³-hybridized carbons (Fsp3) is 0.0556. The van der Waals surface area contributed by atoms with Crippen molar-refractivity contribution < 1.29 is 19.5 Å². The standard InChI is InChI=1S/C18H14ClN5O4/c19-12-4-2-1-3-11(12)17(26)22-14-9-13(18(27)28)23-24(14)15(16(20)25)10-5-7-21-8-6-10/h1-9,15H,(H2,20,25)(H,22,26)(H,27,28). The van der Waals surface area contributed by atoms with Gasteiger partial charge < -0.3 is 16.2 Å². The lowest BCUT2D eigenvalue weighted by Crippen LogP contribution is -2.30. The highest BCUT2D eigenvalue weighted by atomic mass is 35.5. The summed E-state index contributed by atoms with van der Waals surface area (Å²) < 4.78 is 1.05. The Bertz CT molecular complexity index is 1050. The fourth-order valence-electron chi connectivity index (χ4n) is 2.59. The zero-order valence-corrected chi connectivity index (χ0v) is 15.0. The SMILES string of the molecule is NC(=O)C(c1ccncc1)n1nc(C(=O)O)cc1NC(=O)c1ccccc1Cl. The van der Waals surface area contributed by atoms with E-state index >= 15 is 0 Å². The maximum Gasteiger partial charge on any atom is 0.356 e. The number of aromatic nitrogens is 3. The molecule has 2 heterocycles. The van der Waals surface area contributed by atoms with E-state index in [0.29, 0.717) is 5.56 Å². The molecule has 2 amide bonds. The molecule has 0 fully saturated rings. The van der Waals surface area contributed by atoms with Crippen LogP contribution in [0.4, 0.5) is 5.82 Å². The van der Waals surface area contributed by atoms with Gasteiger partial charge in [0.25, 0.3) is 5.91 Å². The van der Waals surface area contributed by atoms with E-state index < -0.39 is 23.8 Å². The molecule has 0 aliphatic heterocycles. The van der Waals surface area contributed by atoms with E-state index in [-0.39, 0.29) is 22.1 Å². The average molecular weight is 400 g/mol. The molecule has 0 spiro atoms. The molecule has 9 nitrogen and oxygen atoms in total. The quantitative estimate of drug-likeness (QED) is 0.578. The Labute approximate surface area is 163 Å². The third-order valence-corrected chi connectivity index (χ3v) is 4.18. The van der Waals surface area contributed by atoms with Crippen LogP contribution in [-0.4, -0.2) is 37.7 Å². The van der Waals surface area contributed by atoms with Crippen molar-refractivity contribution >= 4 is 35.2 Å². The van der Waals surface area contributed by atoms with Crippen LogP contribution in [-0.2, 0) is 4.79 Å². The minimum atomic E-state index is -1.33. The highest BCUT2D eigenvalue weighted by Crippen LogP contribution is 2.24. The summed E-state index contributed by atoms with van der Waals surface area (Å²) in [5.41, 5.74) is 5.75. The lowest BCUT2D eigenvalue weighted by Gasteiger charge is -2.17. The van der Waals surface area contributed by atoms with Gasteiger partial charge in [0.1, 0.15) is 5.82 Å². The van der Waals surface area contributed by atoms with Crippen molar-refractivity contribution in [2.45, 2.75) is 6.04 Å². The van der Waals surface area contributed by atoms with Crippen LogP contribution < -0.4 is 11.1 Å². The van der Waals surface area contributed by atoms with Crippen LogP contribution in [0.25, 0.3) is 0 Å². The summed E-state index contributed by atoms with van der Waals surface area (Å²) in [4.78, 5) is 39.9. The Morgan fingerprint density at radius 1 is 1.14 bits per heavy atom. The Hall–Kier alpha value is -3.72. The molecular weight excluding hydrogens is 386 g/mol. The summed E-state index contributed by atoms with van der Waals surface area (Å²) in [6.07, 6.45) is 2.91. The monoisotopic (exact) mass is 399 g/mol. The van der Waals surface area contributed by atoms with E-state index in [0.717, 1.165) is 10.7 Å². The number of hydrogen-bond donors (Lipinski definition) is 3. The highest BCUT2D eigenvalue weighted by molar-refractivity contribution is 6.34. The summed E-state index contributed by atoms with van der Waals surface area (Å²) in [6, 6.07) is 9.40. The number of carbonyl (C=O) groups is 3. The van der Waals surface area contributed by atoms with Gasteiger partial charge >= 0.3 is 5.97 Å². The van der Waals surface area contributed by atoms with Crippen LogP contribution in [0.2, 0.25) is 5.02 Å². The van der Waals surface area contributed by atoms with Crippen LogP contribution in [0, 0.1) is 0 Å². The Morgan fingerprint density at radius 2 is 1.82 bits per heavy atom. The zero-order valence-electron chi connectivity index (χ0n) is 14.2. The number of halogens is 1. The molecule has 28 heavy (non-hydrogen) atoms. The number of amides is 2. The molecule has 2 aromatic heterocycles. The van der Waals surface area contributed by atoms with Crippen LogP contribution in [0.3, 0.4) is 0 Å². The van der Waals surface area contributed by atoms with Crippen LogP contribution >= 0.6 is 11.6 Å². The van der Waals surface area contributed by atoms with Gasteiger partial charge in [-0.15, -0.1) is 0 Å². The summed E-state index contributed by atoms with van der Waals surface area (Å²) in [5.74, 6) is -2.74. The normalized spacial score (nSPS) is 11.6. The first-order valence-corrected chi connectivity index (χ1v) is 8.34. The fourth-order valence-corrected chi connectivity index (χ4v) is 2.81. The number of anilines is 1. The third kappa shape index (κ3) is 3.84. The minimum absolute atomic E-state index is 0.0251. The third-order valence-electron chi connectivity index (χ3n) is 3.85. The maximum absolute atomic E-state index is 12.6. The summed E-state index contributed by atoms with van der Waals surface area (Å²) in [5, 5.41) is 15.9. The molecule has 1 atom stereocenters. The summed E-state index contributed by atoms with van der Waals surface area (Å²) in [6.45, 7) is 0. The van der Waals surface area contributed by atoms with Gasteiger partial charge in [0.15, 0.2) is 11.7 Å². The van der Waals surface area contributed by atoms with Gasteiger partial charge in [-0.1, -0.05) is 23.7 Å². The van der Waals surface area contributed by atoms with Gasteiger partial charge in [0.05, 0.1) is 10.6 Å². The molecule has 1 unspecified atom stereocenters. The Kier molecular flexibility index (Phi) is 5.37. The number of nitrogens with two attached hydrogens (primary N) is 1. The molecule has 4 N–H and O–H groups in total. The molecule has 10 heteroatoms. The Morgan fingerprint density at radius 3 is 2.43 bits per heavy atom. The molecule has 0 saturated carbocycles. The molecule has 0 aliphatic carbocycles. The number of nitrogens with one attached hydrogen (secondary N) is 1. The smallest absolute Gasteiger partial charge is 0.356 e. The van der Waals surface area contributed by atoms with Crippen LogP contribution in [0.5, 0.6) is 0 Å². The first-order chi connectivity index (χ1) is 13.4. The van der Waals surface area contributed by atoms with Gasteiger partial charge in [0, 0.05) is 18.5 Å². The van der Waals surface area contributed by atoms with E-state index in [2.05, 4.69) is 15.4 Å². The summed E-state index contributed by atoms with van der Waals surface area (Å²) >= 11 is 6.03. The molecule has 142 valence electrons. The van der Waals surface area contributed by atoms with Crippen molar-refractivity contribution in [3.63, 3.8) is 0 Å². The molecule has 3 aromatic rings. The van der Waals surface area contributed by atoms with Crippen molar-refractivity contribution in [3.8, 4) is 0 Å². The number of primary amides is 1. The zero-order chi connectivity index (χ0) is 20.3. The van der Waals surface area contributed by atoms with Crippen molar-refractivity contribution in [1.82, 2.24) is 14.8 Å². The first-order valence-electron chi connectivity index (χ1n) is 7.96. The topological polar surface area (TPSA) is 140 Å². The molecule has 0 radical (unpaired) electrons. The van der Waals surface area contributed by atoms with E-state index in [1.165, 1.54) is 30.6 Å². The van der Waals surface area contributed by atoms with E-state index in [9.17, 15) is 19.5 Å². The van der Waals surface area contributed by atoms with Crippen LogP contribution in [0.15, 0.2) is 54.9 Å². The van der Waals surface area contributed by atoms with Crippen molar-refractivity contribution in [1.29, 1.82) is 0 Å². The molecule has 0 bridgehead atoms. The lowest BCUT2D eigenvalue weighted by molar-refractivity contribution is -0.120. The van der Waals surface area contributed by atoms with Gasteiger partial charge in [-0.25, -0.2) is 9.48 Å². The summed E-state index contributed by atoms with van der Waals surface area (Å²) in [7, 11) is 0. The highest BCUT2D eigenvalue weighted by Gasteiger charge is 2.27. The second-order valence-corrected chi connectivity index (χ2v) is 6.09. The average Bonchev–Trinajstić information content (AvgIpc) is 3.06. The van der Waals surface area contributed by atoms with E-state index in [1.54, 1.807) is 18.2 Å². The number of rotatable bonds is 6.